The quantitative estimate of drug-likeness (QED) is 0.841. The Kier molecular flexibility index (Phi) is 2.80. The van der Waals surface area contributed by atoms with E-state index in [9.17, 15) is 4.39 Å². The number of aromatic nitrogens is 3. The lowest BCUT2D eigenvalue weighted by molar-refractivity contribution is 0.0504. The predicted octanol–water partition coefficient (Wildman–Crippen LogP) is 2.35. The van der Waals surface area contributed by atoms with Crippen molar-refractivity contribution in [2.24, 2.45) is 5.92 Å². The summed E-state index contributed by atoms with van der Waals surface area (Å²) < 4.78 is 15.3. The normalized spacial score (nSPS) is 28.8. The average molecular weight is 272 g/mol. The van der Waals surface area contributed by atoms with E-state index in [-0.39, 0.29) is 5.82 Å². The first kappa shape index (κ1) is 12.0. The fourth-order valence-electron chi connectivity index (χ4n) is 3.45. The molecule has 0 N–H and O–H groups in total. The third kappa shape index (κ3) is 2.02. The Labute approximate surface area is 117 Å². The summed E-state index contributed by atoms with van der Waals surface area (Å²) in [6, 6.07) is 6.95. The van der Waals surface area contributed by atoms with Crippen LogP contribution in [0.2, 0.25) is 0 Å². The molecule has 1 aromatic carbocycles. The highest BCUT2D eigenvalue weighted by molar-refractivity contribution is 5.57. The molecule has 5 heteroatoms. The molecule has 2 aromatic rings. The second-order valence-corrected chi connectivity index (χ2v) is 5.80. The summed E-state index contributed by atoms with van der Waals surface area (Å²) in [5.74, 6) is 0.474. The molecule has 5 rings (SSSR count). The molecule has 4 nitrogen and oxygen atoms in total. The van der Waals surface area contributed by atoms with Crippen molar-refractivity contribution in [3.05, 3.63) is 36.3 Å². The summed E-state index contributed by atoms with van der Waals surface area (Å²) in [6.07, 6.45) is 4.46. The van der Waals surface area contributed by atoms with Crippen LogP contribution in [-0.2, 0) is 0 Å². The van der Waals surface area contributed by atoms with E-state index >= 15 is 0 Å². The standard InChI is InChI=1S/C15H17FN4/c16-13-3-1-2-12(8-13)14-9-20(18-17-14)15-10-19-6-4-11(15)5-7-19/h1-3,8-9,11,15H,4-7,10H2/t15-/m0/s1. The van der Waals surface area contributed by atoms with Crippen molar-refractivity contribution < 1.29 is 4.39 Å². The van der Waals surface area contributed by atoms with Crippen molar-refractivity contribution in [1.29, 1.82) is 0 Å². The van der Waals surface area contributed by atoms with E-state index in [1.54, 1.807) is 6.07 Å². The van der Waals surface area contributed by atoms with Gasteiger partial charge in [0.15, 0.2) is 0 Å². The van der Waals surface area contributed by atoms with Crippen LogP contribution in [0.5, 0.6) is 0 Å². The minimum atomic E-state index is -0.236. The van der Waals surface area contributed by atoms with Gasteiger partial charge in [0.2, 0.25) is 0 Å². The van der Waals surface area contributed by atoms with Gasteiger partial charge in [-0.15, -0.1) is 5.10 Å². The summed E-state index contributed by atoms with van der Waals surface area (Å²) in [6.45, 7) is 3.50. The molecule has 0 unspecified atom stereocenters. The smallest absolute Gasteiger partial charge is 0.123 e. The highest BCUT2D eigenvalue weighted by atomic mass is 19.1. The van der Waals surface area contributed by atoms with Crippen LogP contribution in [0.4, 0.5) is 4.39 Å². The molecule has 0 amide bonds. The van der Waals surface area contributed by atoms with Gasteiger partial charge in [0.05, 0.1) is 12.2 Å². The molecule has 3 aliphatic rings. The molecule has 1 atom stereocenters. The lowest BCUT2D eigenvalue weighted by atomic mass is 9.84. The number of halogens is 1. The summed E-state index contributed by atoms with van der Waals surface area (Å²) in [5.41, 5.74) is 1.54. The van der Waals surface area contributed by atoms with Crippen LogP contribution in [0.25, 0.3) is 11.3 Å². The summed E-state index contributed by atoms with van der Waals surface area (Å²) >= 11 is 0. The Hall–Kier alpha value is -1.75. The second-order valence-electron chi connectivity index (χ2n) is 5.80. The zero-order chi connectivity index (χ0) is 13.5. The topological polar surface area (TPSA) is 34.0 Å². The Bertz CT molecular complexity index is 616. The molecule has 3 fully saturated rings. The number of hydrogen-bond donors (Lipinski definition) is 0. The Morgan fingerprint density at radius 3 is 2.75 bits per heavy atom. The molecule has 1 aromatic heterocycles. The molecule has 0 saturated carbocycles. The first-order chi connectivity index (χ1) is 9.79. The first-order valence-electron chi connectivity index (χ1n) is 7.20. The third-order valence-corrected chi connectivity index (χ3v) is 4.59. The zero-order valence-corrected chi connectivity index (χ0v) is 11.2. The summed E-state index contributed by atoms with van der Waals surface area (Å²) in [4.78, 5) is 2.49. The number of fused-ring (bicyclic) bond motifs is 3. The van der Waals surface area contributed by atoms with E-state index in [0.717, 1.165) is 17.8 Å². The molecule has 3 aliphatic heterocycles. The number of piperidine rings is 3. The summed E-state index contributed by atoms with van der Waals surface area (Å²) in [7, 11) is 0. The molecular formula is C15H17FN4. The molecule has 2 bridgehead atoms. The molecule has 4 heterocycles. The Morgan fingerprint density at radius 2 is 2.05 bits per heavy atom. The van der Waals surface area contributed by atoms with Crippen LogP contribution in [0.15, 0.2) is 30.5 Å². The van der Waals surface area contributed by atoms with Gasteiger partial charge in [-0.2, -0.15) is 0 Å². The van der Waals surface area contributed by atoms with Crippen molar-refractivity contribution in [2.45, 2.75) is 18.9 Å². The molecule has 3 saturated heterocycles. The van der Waals surface area contributed by atoms with Gasteiger partial charge in [0.1, 0.15) is 11.5 Å². The largest absolute Gasteiger partial charge is 0.301 e. The molecule has 104 valence electrons. The number of benzene rings is 1. The van der Waals surface area contributed by atoms with Gasteiger partial charge >= 0.3 is 0 Å². The zero-order valence-electron chi connectivity index (χ0n) is 11.2. The SMILES string of the molecule is Fc1cccc(-c2cn([C@H]3CN4CCC3CC4)nn2)c1. The van der Waals surface area contributed by atoms with E-state index in [2.05, 4.69) is 15.2 Å². The van der Waals surface area contributed by atoms with Gasteiger partial charge in [0.25, 0.3) is 0 Å². The monoisotopic (exact) mass is 272 g/mol. The van der Waals surface area contributed by atoms with Crippen LogP contribution in [0.3, 0.4) is 0 Å². The van der Waals surface area contributed by atoms with Gasteiger partial charge in [0, 0.05) is 12.1 Å². The Morgan fingerprint density at radius 1 is 1.20 bits per heavy atom. The highest BCUT2D eigenvalue weighted by Crippen LogP contribution is 2.35. The number of rotatable bonds is 2. The van der Waals surface area contributed by atoms with Crippen molar-refractivity contribution >= 4 is 0 Å². The third-order valence-electron chi connectivity index (χ3n) is 4.59. The van der Waals surface area contributed by atoms with Crippen LogP contribution in [-0.4, -0.2) is 39.5 Å². The minimum Gasteiger partial charge on any atom is -0.301 e. The number of nitrogens with zero attached hydrogens (tertiary/aromatic N) is 4. The second kappa shape index (κ2) is 4.66. The maximum absolute atomic E-state index is 13.3. The first-order valence-corrected chi connectivity index (χ1v) is 7.20. The lowest BCUT2D eigenvalue weighted by Crippen LogP contribution is -2.48. The van der Waals surface area contributed by atoms with E-state index in [1.165, 1.54) is 38.1 Å². The van der Waals surface area contributed by atoms with Crippen molar-refractivity contribution in [1.82, 2.24) is 19.9 Å². The van der Waals surface area contributed by atoms with Crippen LogP contribution in [0.1, 0.15) is 18.9 Å². The average Bonchev–Trinajstić information content (AvgIpc) is 2.98. The van der Waals surface area contributed by atoms with E-state index < -0.39 is 0 Å². The van der Waals surface area contributed by atoms with Crippen molar-refractivity contribution in [3.8, 4) is 11.3 Å². The number of hydrogen-bond acceptors (Lipinski definition) is 3. The molecule has 0 radical (unpaired) electrons. The molecule has 0 spiro atoms. The fourth-order valence-corrected chi connectivity index (χ4v) is 3.45. The molecule has 20 heavy (non-hydrogen) atoms. The predicted molar refractivity (Wildman–Crippen MR) is 73.6 cm³/mol. The van der Waals surface area contributed by atoms with Gasteiger partial charge in [-0.25, -0.2) is 9.07 Å². The van der Waals surface area contributed by atoms with E-state index in [4.69, 9.17) is 0 Å². The van der Waals surface area contributed by atoms with Crippen LogP contribution in [0, 0.1) is 11.7 Å². The fraction of sp³-hybridized carbons (Fsp3) is 0.467. The van der Waals surface area contributed by atoms with Gasteiger partial charge in [-0.05, 0) is 44.0 Å². The minimum absolute atomic E-state index is 0.236. The van der Waals surface area contributed by atoms with Crippen LogP contribution < -0.4 is 0 Å². The van der Waals surface area contributed by atoms with Gasteiger partial charge in [-0.3, -0.25) is 0 Å². The lowest BCUT2D eigenvalue weighted by Gasteiger charge is -2.44. The maximum atomic E-state index is 13.3. The van der Waals surface area contributed by atoms with E-state index in [0.29, 0.717) is 12.0 Å². The van der Waals surface area contributed by atoms with Gasteiger partial charge in [-0.1, -0.05) is 17.3 Å². The summed E-state index contributed by atoms with van der Waals surface area (Å²) in [5, 5.41) is 8.50. The van der Waals surface area contributed by atoms with Gasteiger partial charge < -0.3 is 4.90 Å². The van der Waals surface area contributed by atoms with Crippen molar-refractivity contribution in [3.63, 3.8) is 0 Å². The Balaban J connectivity index is 1.62. The maximum Gasteiger partial charge on any atom is 0.123 e. The molecular weight excluding hydrogens is 255 g/mol. The van der Waals surface area contributed by atoms with E-state index in [1.807, 2.05) is 16.9 Å². The highest BCUT2D eigenvalue weighted by Gasteiger charge is 2.35. The van der Waals surface area contributed by atoms with Crippen LogP contribution >= 0.6 is 0 Å². The molecule has 0 aliphatic carbocycles. The van der Waals surface area contributed by atoms with Crippen molar-refractivity contribution in [2.75, 3.05) is 19.6 Å².